The summed E-state index contributed by atoms with van der Waals surface area (Å²) in [6, 6.07) is 0. The lowest BCUT2D eigenvalue weighted by molar-refractivity contribution is -0.0553. The second kappa shape index (κ2) is 2.96. The summed E-state index contributed by atoms with van der Waals surface area (Å²) >= 11 is 0. The van der Waals surface area contributed by atoms with Crippen LogP contribution in [0.5, 0.6) is 0 Å². The molecule has 6 heteroatoms. The van der Waals surface area contributed by atoms with Gasteiger partial charge in [0.25, 0.3) is 12.3 Å². The predicted molar refractivity (Wildman–Crippen MR) is 45.0 cm³/mol. The molecule has 0 aliphatic heterocycles. The van der Waals surface area contributed by atoms with Gasteiger partial charge in [0.05, 0.1) is 0 Å². The zero-order chi connectivity index (χ0) is 11.4. The minimum absolute atomic E-state index is 0.0116. The Bertz CT molecular complexity index is 385. The average molecular weight is 222 g/mol. The highest BCUT2D eigenvalue weighted by atomic mass is 19.3. The summed E-state index contributed by atoms with van der Waals surface area (Å²) in [6.45, 7) is 2.87. The van der Waals surface area contributed by atoms with Crippen molar-refractivity contribution < 1.29 is 17.6 Å². The fourth-order valence-electron chi connectivity index (χ4n) is 2.03. The number of fused-ring (bicyclic) bond motifs is 1. The fourth-order valence-corrected chi connectivity index (χ4v) is 2.03. The lowest BCUT2D eigenvalue weighted by Crippen LogP contribution is -2.20. The van der Waals surface area contributed by atoms with E-state index in [1.807, 2.05) is 5.10 Å². The van der Waals surface area contributed by atoms with Crippen molar-refractivity contribution >= 4 is 0 Å². The molecule has 0 radical (unpaired) electrons. The Balaban J connectivity index is 2.58. The number of nitrogens with zero attached hydrogens (tertiary/aromatic N) is 1. The van der Waals surface area contributed by atoms with E-state index in [0.717, 1.165) is 0 Å². The third-order valence-electron chi connectivity index (χ3n) is 3.14. The van der Waals surface area contributed by atoms with E-state index in [1.165, 1.54) is 13.8 Å². The number of rotatable bonds is 1. The van der Waals surface area contributed by atoms with Gasteiger partial charge in [0.15, 0.2) is 0 Å². The van der Waals surface area contributed by atoms with E-state index in [9.17, 15) is 17.6 Å². The lowest BCUT2D eigenvalue weighted by atomic mass is 9.94. The minimum atomic E-state index is -3.11. The molecule has 0 amide bonds. The van der Waals surface area contributed by atoms with Crippen LogP contribution in [0.25, 0.3) is 0 Å². The van der Waals surface area contributed by atoms with Crippen molar-refractivity contribution in [1.29, 1.82) is 0 Å². The van der Waals surface area contributed by atoms with Gasteiger partial charge in [-0.05, 0) is 5.92 Å². The van der Waals surface area contributed by atoms with Crippen LogP contribution < -0.4 is 0 Å². The molecule has 1 aromatic heterocycles. The Morgan fingerprint density at radius 1 is 1.33 bits per heavy atom. The number of halogens is 4. The zero-order valence-electron chi connectivity index (χ0n) is 8.19. The van der Waals surface area contributed by atoms with Crippen molar-refractivity contribution in [2.24, 2.45) is 5.92 Å². The Morgan fingerprint density at radius 2 is 1.93 bits per heavy atom. The van der Waals surface area contributed by atoms with Crippen LogP contribution in [0.1, 0.15) is 43.1 Å². The molecule has 1 N–H and O–H groups in total. The number of aromatic nitrogens is 2. The van der Waals surface area contributed by atoms with Crippen LogP contribution in [0.4, 0.5) is 17.6 Å². The van der Waals surface area contributed by atoms with Crippen LogP contribution in [0.2, 0.25) is 0 Å². The Morgan fingerprint density at radius 3 is 2.47 bits per heavy atom. The molecule has 2 nitrogen and oxygen atoms in total. The molecule has 1 aliphatic carbocycles. The third kappa shape index (κ3) is 1.20. The third-order valence-corrected chi connectivity index (χ3v) is 3.14. The zero-order valence-corrected chi connectivity index (χ0v) is 8.19. The van der Waals surface area contributed by atoms with E-state index in [1.54, 1.807) is 0 Å². The number of H-pyrrole nitrogens is 1. The fraction of sp³-hybridized carbons (Fsp3) is 0.667. The molecule has 0 spiro atoms. The van der Waals surface area contributed by atoms with Gasteiger partial charge in [-0.15, -0.1) is 0 Å². The van der Waals surface area contributed by atoms with E-state index in [-0.39, 0.29) is 5.56 Å². The maximum Gasteiger partial charge on any atom is 0.294 e. The van der Waals surface area contributed by atoms with Gasteiger partial charge in [0.1, 0.15) is 11.4 Å². The minimum Gasteiger partial charge on any atom is -0.276 e. The van der Waals surface area contributed by atoms with Gasteiger partial charge in [-0.1, -0.05) is 13.8 Å². The number of alkyl halides is 4. The van der Waals surface area contributed by atoms with Gasteiger partial charge in [0.2, 0.25) is 0 Å². The molecule has 1 aromatic rings. The first-order valence-corrected chi connectivity index (χ1v) is 4.62. The van der Waals surface area contributed by atoms with Crippen molar-refractivity contribution in [3.63, 3.8) is 0 Å². The maximum absolute atomic E-state index is 13.5. The monoisotopic (exact) mass is 222 g/mol. The molecule has 0 bridgehead atoms. The molecule has 2 rings (SSSR count). The van der Waals surface area contributed by atoms with Crippen LogP contribution in [0.15, 0.2) is 0 Å². The summed E-state index contributed by atoms with van der Waals surface area (Å²) < 4.78 is 52.0. The first-order valence-electron chi connectivity index (χ1n) is 4.62. The van der Waals surface area contributed by atoms with Gasteiger partial charge < -0.3 is 0 Å². The Kier molecular flexibility index (Phi) is 2.06. The highest BCUT2D eigenvalue weighted by molar-refractivity contribution is 5.39. The van der Waals surface area contributed by atoms with Gasteiger partial charge in [-0.25, -0.2) is 8.78 Å². The van der Waals surface area contributed by atoms with Gasteiger partial charge in [0, 0.05) is 11.5 Å². The van der Waals surface area contributed by atoms with E-state index in [0.29, 0.717) is 0 Å². The van der Waals surface area contributed by atoms with Crippen LogP contribution in [-0.2, 0) is 5.92 Å². The summed E-state index contributed by atoms with van der Waals surface area (Å²) in [5.41, 5.74) is -0.998. The molecule has 0 saturated heterocycles. The molecule has 0 unspecified atom stereocenters. The SMILES string of the molecule is C[C@H]1c2c(n[nH]c2C(F)F)C(F)(F)[C@H]1C. The van der Waals surface area contributed by atoms with Crippen molar-refractivity contribution in [3.8, 4) is 0 Å². The summed E-state index contributed by atoms with van der Waals surface area (Å²) in [5.74, 6) is -4.70. The number of nitrogens with one attached hydrogen (secondary N) is 1. The molecule has 15 heavy (non-hydrogen) atoms. The molecule has 1 heterocycles. The molecule has 1 aliphatic rings. The van der Waals surface area contributed by atoms with Crippen molar-refractivity contribution in [2.75, 3.05) is 0 Å². The Hall–Kier alpha value is -1.07. The molecule has 84 valence electrons. The lowest BCUT2D eigenvalue weighted by Gasteiger charge is -2.17. The van der Waals surface area contributed by atoms with E-state index >= 15 is 0 Å². The van der Waals surface area contributed by atoms with Gasteiger partial charge in [-0.3, -0.25) is 5.10 Å². The molecule has 0 aromatic carbocycles. The number of hydrogen-bond acceptors (Lipinski definition) is 1. The van der Waals surface area contributed by atoms with Crippen molar-refractivity contribution in [1.82, 2.24) is 10.2 Å². The molecular weight excluding hydrogens is 212 g/mol. The maximum atomic E-state index is 13.5. The first kappa shape index (κ1) is 10.4. The second-order valence-electron chi connectivity index (χ2n) is 3.90. The highest BCUT2D eigenvalue weighted by Gasteiger charge is 2.54. The van der Waals surface area contributed by atoms with Gasteiger partial charge in [-0.2, -0.15) is 13.9 Å². The van der Waals surface area contributed by atoms with Crippen LogP contribution in [-0.4, -0.2) is 10.2 Å². The second-order valence-corrected chi connectivity index (χ2v) is 3.90. The first-order chi connectivity index (χ1) is 6.87. The molecular formula is C9H10F4N2. The molecule has 0 saturated carbocycles. The molecule has 2 atom stereocenters. The normalized spacial score (nSPS) is 28.5. The standard InChI is InChI=1S/C9H10F4N2/c1-3-4(2)9(12,13)7-5(3)6(8(10)11)14-15-7/h3-4,8H,1-2H3,(H,14,15)/t3-,4+/m1/s1. The summed E-state index contributed by atoms with van der Waals surface area (Å²) in [5, 5.41) is 5.32. The Labute approximate surface area is 83.7 Å². The topological polar surface area (TPSA) is 28.7 Å². The highest BCUT2D eigenvalue weighted by Crippen LogP contribution is 2.53. The van der Waals surface area contributed by atoms with Crippen molar-refractivity contribution in [2.45, 2.75) is 32.1 Å². The summed E-state index contributed by atoms with van der Waals surface area (Å²) in [4.78, 5) is 0. The largest absolute Gasteiger partial charge is 0.294 e. The smallest absolute Gasteiger partial charge is 0.276 e. The van der Waals surface area contributed by atoms with E-state index in [2.05, 4.69) is 5.10 Å². The summed E-state index contributed by atoms with van der Waals surface area (Å²) in [7, 11) is 0. The van der Waals surface area contributed by atoms with E-state index < -0.39 is 35.6 Å². The predicted octanol–water partition coefficient (Wildman–Crippen LogP) is 3.19. The average Bonchev–Trinajstić information content (AvgIpc) is 2.64. The van der Waals surface area contributed by atoms with E-state index in [4.69, 9.17) is 0 Å². The van der Waals surface area contributed by atoms with Crippen LogP contribution in [0, 0.1) is 5.92 Å². The van der Waals surface area contributed by atoms with Crippen molar-refractivity contribution in [3.05, 3.63) is 17.0 Å². The number of aromatic amines is 1. The van der Waals surface area contributed by atoms with Crippen LogP contribution in [0.3, 0.4) is 0 Å². The van der Waals surface area contributed by atoms with Crippen LogP contribution >= 0.6 is 0 Å². The van der Waals surface area contributed by atoms with Gasteiger partial charge >= 0.3 is 0 Å². The quantitative estimate of drug-likeness (QED) is 0.726. The number of hydrogen-bond donors (Lipinski definition) is 1. The molecule has 0 fully saturated rings. The summed E-state index contributed by atoms with van der Waals surface area (Å²) in [6.07, 6.45) is -2.79.